The maximum Gasteiger partial charge on any atom is 0.240 e. The number of amides is 1. The van der Waals surface area contributed by atoms with Crippen molar-refractivity contribution < 1.29 is 4.79 Å². The molecule has 0 aromatic heterocycles. The van der Waals surface area contributed by atoms with E-state index in [1.54, 1.807) is 11.8 Å². The summed E-state index contributed by atoms with van der Waals surface area (Å²) in [5.74, 6) is 1.92. The lowest BCUT2D eigenvalue weighted by Gasteiger charge is -2.26. The zero-order valence-electron chi connectivity index (χ0n) is 12.2. The van der Waals surface area contributed by atoms with E-state index in [0.717, 1.165) is 17.9 Å². The van der Waals surface area contributed by atoms with Gasteiger partial charge in [-0.15, -0.1) is 11.8 Å². The topological polar surface area (TPSA) is 20.3 Å². The van der Waals surface area contributed by atoms with Crippen LogP contribution >= 0.6 is 11.8 Å². The fourth-order valence-electron chi connectivity index (χ4n) is 2.51. The van der Waals surface area contributed by atoms with Gasteiger partial charge in [0, 0.05) is 11.7 Å². The summed E-state index contributed by atoms with van der Waals surface area (Å²) < 4.78 is 0. The van der Waals surface area contributed by atoms with Crippen molar-refractivity contribution in [3.05, 3.63) is 29.8 Å². The highest BCUT2D eigenvalue weighted by molar-refractivity contribution is 8.00. The van der Waals surface area contributed by atoms with Crippen LogP contribution in [0.3, 0.4) is 0 Å². The van der Waals surface area contributed by atoms with Gasteiger partial charge >= 0.3 is 0 Å². The van der Waals surface area contributed by atoms with Crippen LogP contribution in [0.15, 0.2) is 24.3 Å². The number of hydrogen-bond acceptors (Lipinski definition) is 2. The van der Waals surface area contributed by atoms with Crippen LogP contribution < -0.4 is 4.90 Å². The van der Waals surface area contributed by atoms with Gasteiger partial charge in [0.05, 0.1) is 5.25 Å². The molecule has 0 radical (unpaired) electrons. The van der Waals surface area contributed by atoms with Crippen LogP contribution in [-0.2, 0) is 11.2 Å². The van der Waals surface area contributed by atoms with Crippen molar-refractivity contribution in [3.8, 4) is 0 Å². The molecule has 0 saturated heterocycles. The summed E-state index contributed by atoms with van der Waals surface area (Å²) in [4.78, 5) is 14.6. The molecule has 0 fully saturated rings. The Bertz CT molecular complexity index is 458. The zero-order valence-corrected chi connectivity index (χ0v) is 13.0. The van der Waals surface area contributed by atoms with Gasteiger partial charge in [0.15, 0.2) is 0 Å². The third-order valence-electron chi connectivity index (χ3n) is 3.47. The molecule has 0 saturated carbocycles. The Morgan fingerprint density at radius 3 is 2.74 bits per heavy atom. The van der Waals surface area contributed by atoms with Crippen molar-refractivity contribution in [2.45, 2.75) is 45.4 Å². The highest BCUT2D eigenvalue weighted by atomic mass is 32.2. The second-order valence-electron chi connectivity index (χ2n) is 5.76. The number of benzene rings is 1. The van der Waals surface area contributed by atoms with E-state index in [9.17, 15) is 4.79 Å². The SMILES string of the molecule is CC(C)CSC(C)C(=O)N1c2ccccc2CC1C. The Morgan fingerprint density at radius 2 is 2.05 bits per heavy atom. The van der Waals surface area contributed by atoms with E-state index >= 15 is 0 Å². The van der Waals surface area contributed by atoms with Gasteiger partial charge in [-0.25, -0.2) is 0 Å². The summed E-state index contributed by atoms with van der Waals surface area (Å²) in [7, 11) is 0. The number of thioether (sulfide) groups is 1. The van der Waals surface area contributed by atoms with E-state index in [4.69, 9.17) is 0 Å². The molecule has 0 aliphatic carbocycles. The average molecular weight is 277 g/mol. The first-order valence-corrected chi connectivity index (χ1v) is 8.08. The monoisotopic (exact) mass is 277 g/mol. The number of carbonyl (C=O) groups excluding carboxylic acids is 1. The van der Waals surface area contributed by atoms with Crippen molar-refractivity contribution in [1.82, 2.24) is 0 Å². The lowest BCUT2D eigenvalue weighted by molar-refractivity contribution is -0.118. The number of hydrogen-bond donors (Lipinski definition) is 0. The number of rotatable bonds is 4. The van der Waals surface area contributed by atoms with Crippen LogP contribution in [0.2, 0.25) is 0 Å². The molecule has 1 amide bonds. The van der Waals surface area contributed by atoms with Crippen LogP contribution in [0.25, 0.3) is 0 Å². The van der Waals surface area contributed by atoms with E-state index in [2.05, 4.69) is 39.0 Å². The Kier molecular flexibility index (Phi) is 4.56. The molecule has 2 atom stereocenters. The van der Waals surface area contributed by atoms with Crippen molar-refractivity contribution in [2.75, 3.05) is 10.7 Å². The molecule has 2 nitrogen and oxygen atoms in total. The molecular formula is C16H23NOS. The molecule has 2 unspecified atom stereocenters. The molecule has 19 heavy (non-hydrogen) atoms. The predicted octanol–water partition coefficient (Wildman–Crippen LogP) is 3.74. The van der Waals surface area contributed by atoms with Crippen LogP contribution in [0.1, 0.15) is 33.3 Å². The molecule has 0 N–H and O–H groups in total. The number of fused-ring (bicyclic) bond motifs is 1. The van der Waals surface area contributed by atoms with Gasteiger partial charge in [-0.3, -0.25) is 4.79 Å². The Labute approximate surface area is 120 Å². The standard InChI is InChI=1S/C16H23NOS/c1-11(2)10-19-13(4)16(18)17-12(3)9-14-7-5-6-8-15(14)17/h5-8,11-13H,9-10H2,1-4H3. The molecule has 2 rings (SSSR count). The third kappa shape index (κ3) is 3.14. The van der Waals surface area contributed by atoms with Gasteiger partial charge in [-0.1, -0.05) is 32.0 Å². The van der Waals surface area contributed by atoms with Gasteiger partial charge in [-0.05, 0) is 43.6 Å². The van der Waals surface area contributed by atoms with E-state index in [1.807, 2.05) is 17.9 Å². The first kappa shape index (κ1) is 14.4. The minimum atomic E-state index is 0.0380. The minimum absolute atomic E-state index is 0.0380. The van der Waals surface area contributed by atoms with E-state index in [0.29, 0.717) is 5.92 Å². The number of para-hydroxylation sites is 1. The van der Waals surface area contributed by atoms with E-state index in [-0.39, 0.29) is 17.2 Å². The second-order valence-corrected chi connectivity index (χ2v) is 7.13. The molecule has 104 valence electrons. The molecule has 3 heteroatoms. The summed E-state index contributed by atoms with van der Waals surface area (Å²) in [6.45, 7) is 8.55. The predicted molar refractivity (Wildman–Crippen MR) is 83.9 cm³/mol. The summed E-state index contributed by atoms with van der Waals surface area (Å²) >= 11 is 1.76. The molecule has 0 bridgehead atoms. The molecule has 1 aliphatic rings. The smallest absolute Gasteiger partial charge is 0.240 e. The van der Waals surface area contributed by atoms with E-state index < -0.39 is 0 Å². The van der Waals surface area contributed by atoms with Crippen LogP contribution in [0.4, 0.5) is 5.69 Å². The van der Waals surface area contributed by atoms with Gasteiger partial charge < -0.3 is 4.90 Å². The van der Waals surface area contributed by atoms with Crippen LogP contribution in [0, 0.1) is 5.92 Å². The first-order valence-electron chi connectivity index (χ1n) is 7.03. The summed E-state index contributed by atoms with van der Waals surface area (Å²) in [6, 6.07) is 8.55. The maximum atomic E-state index is 12.6. The van der Waals surface area contributed by atoms with E-state index in [1.165, 1.54) is 5.56 Å². The molecule has 1 aliphatic heterocycles. The fraction of sp³-hybridized carbons (Fsp3) is 0.562. The number of nitrogens with zero attached hydrogens (tertiary/aromatic N) is 1. The van der Waals surface area contributed by atoms with Crippen molar-refractivity contribution in [1.29, 1.82) is 0 Å². The maximum absolute atomic E-state index is 12.6. The largest absolute Gasteiger partial charge is 0.308 e. The zero-order chi connectivity index (χ0) is 14.0. The van der Waals surface area contributed by atoms with Crippen LogP contribution in [-0.4, -0.2) is 23.0 Å². The molecule has 1 aromatic rings. The van der Waals surface area contributed by atoms with Crippen molar-refractivity contribution in [3.63, 3.8) is 0 Å². The van der Waals surface area contributed by atoms with Crippen LogP contribution in [0.5, 0.6) is 0 Å². The Hall–Kier alpha value is -0.960. The highest BCUT2D eigenvalue weighted by Crippen LogP contribution is 2.33. The van der Waals surface area contributed by atoms with Gasteiger partial charge in [0.2, 0.25) is 5.91 Å². The number of anilines is 1. The Balaban J connectivity index is 2.11. The second kappa shape index (κ2) is 6.00. The lowest BCUT2D eigenvalue weighted by atomic mass is 10.1. The van der Waals surface area contributed by atoms with Gasteiger partial charge in [-0.2, -0.15) is 0 Å². The quantitative estimate of drug-likeness (QED) is 0.835. The number of carbonyl (C=O) groups is 1. The highest BCUT2D eigenvalue weighted by Gasteiger charge is 2.32. The minimum Gasteiger partial charge on any atom is -0.308 e. The lowest BCUT2D eigenvalue weighted by Crippen LogP contribution is -2.40. The summed E-state index contributed by atoms with van der Waals surface area (Å²) in [6.07, 6.45) is 0.976. The molecule has 0 spiro atoms. The summed E-state index contributed by atoms with van der Waals surface area (Å²) in [5, 5.41) is 0.0380. The Morgan fingerprint density at radius 1 is 1.37 bits per heavy atom. The molecule has 1 aromatic carbocycles. The normalized spacial score (nSPS) is 19.6. The first-order chi connectivity index (χ1) is 9.00. The van der Waals surface area contributed by atoms with Gasteiger partial charge in [0.25, 0.3) is 0 Å². The van der Waals surface area contributed by atoms with Gasteiger partial charge in [0.1, 0.15) is 0 Å². The molecule has 1 heterocycles. The van der Waals surface area contributed by atoms with Crippen molar-refractivity contribution >= 4 is 23.4 Å². The van der Waals surface area contributed by atoms with Crippen molar-refractivity contribution in [2.24, 2.45) is 5.92 Å². The summed E-state index contributed by atoms with van der Waals surface area (Å²) in [5.41, 5.74) is 2.40. The average Bonchev–Trinajstić information content (AvgIpc) is 2.70. The fourth-order valence-corrected chi connectivity index (χ4v) is 3.44. The molecular weight excluding hydrogens is 254 g/mol. The third-order valence-corrected chi connectivity index (χ3v) is 5.03.